The van der Waals surface area contributed by atoms with Gasteiger partial charge < -0.3 is 18.3 Å². The van der Waals surface area contributed by atoms with Crippen molar-refractivity contribution in [3.63, 3.8) is 0 Å². The van der Waals surface area contributed by atoms with Crippen LogP contribution >= 0.6 is 0 Å². The van der Waals surface area contributed by atoms with Crippen molar-refractivity contribution < 1.29 is 23.1 Å². The lowest BCUT2D eigenvalue weighted by atomic mass is 9.95. The number of rotatable bonds is 6. The molecule has 0 amide bonds. The number of carbonyl (C=O) groups excluding carboxylic acids is 1. The molecule has 0 spiro atoms. The number of furan rings is 1. The Kier molecular flexibility index (Phi) is 5.65. The van der Waals surface area contributed by atoms with Gasteiger partial charge in [-0.3, -0.25) is 0 Å². The van der Waals surface area contributed by atoms with E-state index in [1.54, 1.807) is 13.2 Å². The van der Waals surface area contributed by atoms with Crippen LogP contribution in [0, 0.1) is 6.92 Å². The smallest absolute Gasteiger partial charge is 0.374 e. The zero-order chi connectivity index (χ0) is 22.1. The highest BCUT2D eigenvalue weighted by Crippen LogP contribution is 2.29. The van der Waals surface area contributed by atoms with Gasteiger partial charge in [-0.1, -0.05) is 32.0 Å². The highest BCUT2D eigenvalue weighted by Gasteiger charge is 2.22. The van der Waals surface area contributed by atoms with Crippen molar-refractivity contribution in [2.24, 2.45) is 0 Å². The Bertz CT molecular complexity index is 1330. The molecule has 2 aromatic carbocycles. The van der Waals surface area contributed by atoms with Crippen LogP contribution in [0.3, 0.4) is 0 Å². The van der Waals surface area contributed by atoms with E-state index in [-0.39, 0.29) is 19.0 Å². The van der Waals surface area contributed by atoms with Gasteiger partial charge in [0.25, 0.3) is 0 Å². The largest absolute Gasteiger partial charge is 0.455 e. The van der Waals surface area contributed by atoms with Crippen molar-refractivity contribution in [3.8, 4) is 0 Å². The summed E-state index contributed by atoms with van der Waals surface area (Å²) in [6.45, 7) is 6.33. The van der Waals surface area contributed by atoms with E-state index >= 15 is 0 Å². The molecule has 0 fully saturated rings. The highest BCUT2D eigenvalue weighted by molar-refractivity contribution is 5.96. The summed E-state index contributed by atoms with van der Waals surface area (Å²) in [5, 5.41) is 1.56. The number of carbonyl (C=O) groups is 1. The van der Waals surface area contributed by atoms with Gasteiger partial charge in [0.1, 0.15) is 17.8 Å². The summed E-state index contributed by atoms with van der Waals surface area (Å²) in [4.78, 5) is 24.9. The van der Waals surface area contributed by atoms with E-state index < -0.39 is 11.6 Å². The van der Waals surface area contributed by atoms with E-state index in [0.29, 0.717) is 28.2 Å². The second-order valence-corrected chi connectivity index (χ2v) is 7.87. The van der Waals surface area contributed by atoms with E-state index in [9.17, 15) is 9.59 Å². The van der Waals surface area contributed by atoms with E-state index in [2.05, 4.69) is 13.8 Å². The van der Waals surface area contributed by atoms with Crippen LogP contribution in [0.2, 0.25) is 0 Å². The number of aryl methyl sites for hydroxylation is 1. The quantitative estimate of drug-likeness (QED) is 0.304. The molecule has 2 heterocycles. The fourth-order valence-corrected chi connectivity index (χ4v) is 3.89. The molecule has 31 heavy (non-hydrogen) atoms. The maximum atomic E-state index is 12.9. The summed E-state index contributed by atoms with van der Waals surface area (Å²) in [6.07, 6.45) is 0. The van der Waals surface area contributed by atoms with Gasteiger partial charge in [0.05, 0.1) is 6.61 Å². The molecule has 6 nitrogen and oxygen atoms in total. The monoisotopic (exact) mass is 420 g/mol. The third-order valence-corrected chi connectivity index (χ3v) is 5.37. The van der Waals surface area contributed by atoms with E-state index in [0.717, 1.165) is 21.9 Å². The minimum Gasteiger partial charge on any atom is -0.455 e. The summed E-state index contributed by atoms with van der Waals surface area (Å²) < 4.78 is 21.9. The van der Waals surface area contributed by atoms with Crippen LogP contribution in [0.15, 0.2) is 56.1 Å². The number of fused-ring (bicyclic) bond motifs is 2. The molecule has 6 heteroatoms. The average Bonchev–Trinajstić information content (AvgIpc) is 3.10. The second kappa shape index (κ2) is 8.40. The number of hydrogen-bond acceptors (Lipinski definition) is 6. The Hall–Kier alpha value is -3.38. The van der Waals surface area contributed by atoms with Gasteiger partial charge >= 0.3 is 11.6 Å². The fraction of sp³-hybridized carbons (Fsp3) is 0.280. The molecule has 0 aliphatic heterocycles. The first-order valence-corrected chi connectivity index (χ1v) is 10.1. The zero-order valence-corrected chi connectivity index (χ0v) is 18.0. The second-order valence-electron chi connectivity index (χ2n) is 7.87. The number of para-hydroxylation sites is 1. The maximum absolute atomic E-state index is 12.9. The highest BCUT2D eigenvalue weighted by atomic mass is 16.5. The summed E-state index contributed by atoms with van der Waals surface area (Å²) in [7, 11) is 1.56. The molecular formula is C25H24O6. The molecule has 0 aliphatic rings. The van der Waals surface area contributed by atoms with Crippen LogP contribution < -0.4 is 5.63 Å². The SMILES string of the molecule is COCc1c(C(=O)OCc2cc(=O)oc3cc(C)c(C(C)C)cc23)oc2ccccc12. The maximum Gasteiger partial charge on any atom is 0.374 e. The number of esters is 1. The Morgan fingerprint density at radius 3 is 2.52 bits per heavy atom. The fourth-order valence-electron chi connectivity index (χ4n) is 3.89. The minimum atomic E-state index is -0.610. The lowest BCUT2D eigenvalue weighted by Crippen LogP contribution is -2.09. The van der Waals surface area contributed by atoms with E-state index in [4.69, 9.17) is 18.3 Å². The number of hydrogen-bond donors (Lipinski definition) is 0. The molecule has 0 saturated carbocycles. The predicted molar refractivity (Wildman–Crippen MR) is 117 cm³/mol. The molecule has 0 bridgehead atoms. The Morgan fingerprint density at radius 1 is 1.00 bits per heavy atom. The van der Waals surface area contributed by atoms with Crippen molar-refractivity contribution in [2.45, 2.75) is 39.9 Å². The van der Waals surface area contributed by atoms with Crippen LogP contribution in [0.4, 0.5) is 0 Å². The van der Waals surface area contributed by atoms with Crippen LogP contribution in [-0.2, 0) is 22.7 Å². The average molecular weight is 420 g/mol. The molecule has 0 unspecified atom stereocenters. The van der Waals surface area contributed by atoms with Gasteiger partial charge in [-0.15, -0.1) is 0 Å². The van der Waals surface area contributed by atoms with E-state index in [1.807, 2.05) is 37.3 Å². The van der Waals surface area contributed by atoms with Crippen LogP contribution in [-0.4, -0.2) is 13.1 Å². The molecular weight excluding hydrogens is 396 g/mol. The van der Waals surface area contributed by atoms with Gasteiger partial charge in [-0.05, 0) is 42.2 Å². The van der Waals surface area contributed by atoms with Crippen molar-refractivity contribution in [3.05, 3.63) is 80.9 Å². The van der Waals surface area contributed by atoms with Crippen molar-refractivity contribution in [2.75, 3.05) is 7.11 Å². The van der Waals surface area contributed by atoms with Gasteiger partial charge in [-0.2, -0.15) is 0 Å². The topological polar surface area (TPSA) is 78.9 Å². The first kappa shape index (κ1) is 20.9. The van der Waals surface area contributed by atoms with Crippen LogP contribution in [0.5, 0.6) is 0 Å². The lowest BCUT2D eigenvalue weighted by molar-refractivity contribution is 0.0433. The molecule has 0 N–H and O–H groups in total. The molecule has 2 aromatic heterocycles. The van der Waals surface area contributed by atoms with Gasteiger partial charge in [-0.25, -0.2) is 9.59 Å². The standard InChI is InChI=1S/C25H24O6/c1-14(2)18-11-19-16(10-23(26)30-22(19)9-15(18)3)12-29-25(27)24-20(13-28-4)17-7-5-6-8-21(17)31-24/h5-11,14H,12-13H2,1-4H3. The normalized spacial score (nSPS) is 11.5. The van der Waals surface area contributed by atoms with Crippen LogP contribution in [0.1, 0.15) is 52.6 Å². The van der Waals surface area contributed by atoms with Gasteiger partial charge in [0.2, 0.25) is 5.76 Å². The van der Waals surface area contributed by atoms with Gasteiger partial charge in [0, 0.05) is 35.1 Å². The minimum absolute atomic E-state index is 0.0784. The third-order valence-electron chi connectivity index (χ3n) is 5.37. The van der Waals surface area contributed by atoms with E-state index in [1.165, 1.54) is 6.07 Å². The lowest BCUT2D eigenvalue weighted by Gasteiger charge is -2.13. The summed E-state index contributed by atoms with van der Waals surface area (Å²) in [5.74, 6) is -0.200. The molecule has 0 aliphatic carbocycles. The summed E-state index contributed by atoms with van der Waals surface area (Å²) in [5.41, 5.74) is 4.00. The first-order chi connectivity index (χ1) is 14.9. The van der Waals surface area contributed by atoms with Crippen molar-refractivity contribution >= 4 is 27.9 Å². The summed E-state index contributed by atoms with van der Waals surface area (Å²) in [6, 6.07) is 12.6. The number of methoxy groups -OCH3 is 1. The van der Waals surface area contributed by atoms with Gasteiger partial charge in [0.15, 0.2) is 0 Å². The Labute approximate surface area is 179 Å². The molecule has 0 saturated heterocycles. The number of ether oxygens (including phenoxy) is 2. The van der Waals surface area contributed by atoms with Crippen molar-refractivity contribution in [1.29, 1.82) is 0 Å². The molecule has 160 valence electrons. The summed E-state index contributed by atoms with van der Waals surface area (Å²) >= 11 is 0. The molecule has 0 atom stereocenters. The first-order valence-electron chi connectivity index (χ1n) is 10.1. The molecule has 0 radical (unpaired) electrons. The molecule has 4 aromatic rings. The predicted octanol–water partition coefficient (Wildman–Crippen LogP) is 5.47. The van der Waals surface area contributed by atoms with Crippen LogP contribution in [0.25, 0.3) is 21.9 Å². The number of benzene rings is 2. The Morgan fingerprint density at radius 2 is 1.77 bits per heavy atom. The Balaban J connectivity index is 1.69. The molecule has 4 rings (SSSR count). The zero-order valence-electron chi connectivity index (χ0n) is 18.0. The third kappa shape index (κ3) is 3.99. The van der Waals surface area contributed by atoms with Crippen molar-refractivity contribution in [1.82, 2.24) is 0 Å².